The number of alkyl halides is 1. The van der Waals surface area contributed by atoms with E-state index in [-0.39, 0.29) is 5.78 Å². The Kier molecular flexibility index (Phi) is 5.89. The third kappa shape index (κ3) is 4.44. The topological polar surface area (TPSA) is 20.3 Å². The standard InChI is InChI=1S/C9H18FNO/c1-4-11(5-2)7-6-9(10)8(3)12/h9H,4-7H2,1-3H3. The molecule has 0 bridgehead atoms. The Bertz CT molecular complexity index is 134. The van der Waals surface area contributed by atoms with Crippen molar-refractivity contribution in [1.29, 1.82) is 0 Å². The highest BCUT2D eigenvalue weighted by Gasteiger charge is 2.12. The fraction of sp³-hybridized carbons (Fsp3) is 0.889. The highest BCUT2D eigenvalue weighted by Crippen LogP contribution is 2.01. The maximum Gasteiger partial charge on any atom is 0.163 e. The van der Waals surface area contributed by atoms with Crippen molar-refractivity contribution in [1.82, 2.24) is 4.90 Å². The number of hydrogen-bond acceptors (Lipinski definition) is 2. The minimum atomic E-state index is -1.27. The van der Waals surface area contributed by atoms with Gasteiger partial charge in [0.2, 0.25) is 0 Å². The van der Waals surface area contributed by atoms with Crippen LogP contribution in [0.4, 0.5) is 4.39 Å². The van der Waals surface area contributed by atoms with Gasteiger partial charge in [-0.2, -0.15) is 0 Å². The summed E-state index contributed by atoms with van der Waals surface area (Å²) in [6.45, 7) is 7.87. The van der Waals surface area contributed by atoms with Gasteiger partial charge in [-0.05, 0) is 26.4 Å². The van der Waals surface area contributed by atoms with Crippen molar-refractivity contribution in [2.75, 3.05) is 19.6 Å². The molecule has 72 valence electrons. The Morgan fingerprint density at radius 3 is 2.25 bits per heavy atom. The van der Waals surface area contributed by atoms with E-state index in [2.05, 4.69) is 4.90 Å². The largest absolute Gasteiger partial charge is 0.304 e. The Morgan fingerprint density at radius 2 is 1.92 bits per heavy atom. The molecule has 0 rings (SSSR count). The first kappa shape index (κ1) is 11.6. The van der Waals surface area contributed by atoms with E-state index in [0.717, 1.165) is 13.1 Å². The zero-order valence-corrected chi connectivity index (χ0v) is 8.14. The number of rotatable bonds is 6. The number of carbonyl (C=O) groups is 1. The molecule has 0 fully saturated rings. The van der Waals surface area contributed by atoms with Gasteiger partial charge in [0.05, 0.1) is 0 Å². The molecular weight excluding hydrogens is 157 g/mol. The second-order valence-corrected chi connectivity index (χ2v) is 2.89. The number of hydrogen-bond donors (Lipinski definition) is 0. The van der Waals surface area contributed by atoms with E-state index in [4.69, 9.17) is 0 Å². The zero-order chi connectivity index (χ0) is 9.56. The molecule has 0 heterocycles. The summed E-state index contributed by atoms with van der Waals surface area (Å²) in [7, 11) is 0. The van der Waals surface area contributed by atoms with Gasteiger partial charge in [-0.3, -0.25) is 4.79 Å². The molecule has 0 aromatic carbocycles. The van der Waals surface area contributed by atoms with Crippen LogP contribution in [0.25, 0.3) is 0 Å². The predicted octanol–water partition coefficient (Wildman–Crippen LogP) is 1.65. The number of nitrogens with zero attached hydrogens (tertiary/aromatic N) is 1. The Hall–Kier alpha value is -0.440. The molecule has 0 aliphatic rings. The Morgan fingerprint density at radius 1 is 1.42 bits per heavy atom. The van der Waals surface area contributed by atoms with Crippen molar-refractivity contribution in [2.24, 2.45) is 0 Å². The smallest absolute Gasteiger partial charge is 0.163 e. The summed E-state index contributed by atoms with van der Waals surface area (Å²) >= 11 is 0. The van der Waals surface area contributed by atoms with Crippen LogP contribution in [0, 0.1) is 0 Å². The van der Waals surface area contributed by atoms with Crippen molar-refractivity contribution >= 4 is 5.78 Å². The van der Waals surface area contributed by atoms with Crippen LogP contribution in [-0.2, 0) is 4.79 Å². The lowest BCUT2D eigenvalue weighted by Gasteiger charge is -2.18. The van der Waals surface area contributed by atoms with Crippen molar-refractivity contribution in [3.05, 3.63) is 0 Å². The van der Waals surface area contributed by atoms with Gasteiger partial charge in [0, 0.05) is 6.54 Å². The van der Waals surface area contributed by atoms with Crippen molar-refractivity contribution in [2.45, 2.75) is 33.4 Å². The SMILES string of the molecule is CCN(CC)CCC(F)C(C)=O. The lowest BCUT2D eigenvalue weighted by Crippen LogP contribution is -2.27. The highest BCUT2D eigenvalue weighted by molar-refractivity contribution is 5.80. The van der Waals surface area contributed by atoms with E-state index in [0.29, 0.717) is 13.0 Å². The monoisotopic (exact) mass is 175 g/mol. The van der Waals surface area contributed by atoms with E-state index < -0.39 is 6.17 Å². The maximum absolute atomic E-state index is 12.8. The molecule has 0 radical (unpaired) electrons. The summed E-state index contributed by atoms with van der Waals surface area (Å²) in [6, 6.07) is 0. The molecule has 2 nitrogen and oxygen atoms in total. The van der Waals surface area contributed by atoms with Crippen molar-refractivity contribution < 1.29 is 9.18 Å². The average Bonchev–Trinajstić information content (AvgIpc) is 2.05. The van der Waals surface area contributed by atoms with Crippen LogP contribution in [0.3, 0.4) is 0 Å². The molecule has 1 atom stereocenters. The molecule has 0 aliphatic heterocycles. The minimum absolute atomic E-state index is 0.330. The number of halogens is 1. The summed E-state index contributed by atoms with van der Waals surface area (Å²) in [5, 5.41) is 0. The lowest BCUT2D eigenvalue weighted by atomic mass is 10.2. The van der Waals surface area contributed by atoms with Crippen LogP contribution in [0.15, 0.2) is 0 Å². The molecule has 0 saturated heterocycles. The minimum Gasteiger partial charge on any atom is -0.304 e. The fourth-order valence-electron chi connectivity index (χ4n) is 1.04. The second-order valence-electron chi connectivity index (χ2n) is 2.89. The summed E-state index contributed by atoms with van der Waals surface area (Å²) in [6.07, 6.45) is -0.942. The van der Waals surface area contributed by atoms with E-state index >= 15 is 0 Å². The van der Waals surface area contributed by atoms with Crippen LogP contribution in [0.1, 0.15) is 27.2 Å². The van der Waals surface area contributed by atoms with Crippen LogP contribution in [0.2, 0.25) is 0 Å². The number of Topliss-reactive ketones (excluding diaryl/α,β-unsaturated/α-hetero) is 1. The second kappa shape index (κ2) is 6.12. The molecular formula is C9H18FNO. The Labute approximate surface area is 73.7 Å². The van der Waals surface area contributed by atoms with Crippen LogP contribution >= 0.6 is 0 Å². The molecule has 3 heteroatoms. The number of carbonyl (C=O) groups excluding carboxylic acids is 1. The molecule has 0 amide bonds. The number of ketones is 1. The molecule has 0 aliphatic carbocycles. The first-order valence-electron chi connectivity index (χ1n) is 4.48. The summed E-state index contributed by atoms with van der Waals surface area (Å²) in [5.74, 6) is -0.359. The summed E-state index contributed by atoms with van der Waals surface area (Å²) in [5.41, 5.74) is 0. The van der Waals surface area contributed by atoms with E-state index in [1.165, 1.54) is 6.92 Å². The van der Waals surface area contributed by atoms with Crippen LogP contribution in [-0.4, -0.2) is 36.5 Å². The van der Waals surface area contributed by atoms with Crippen molar-refractivity contribution in [3.63, 3.8) is 0 Å². The van der Waals surface area contributed by atoms with Crippen molar-refractivity contribution in [3.8, 4) is 0 Å². The van der Waals surface area contributed by atoms with Crippen LogP contribution in [0.5, 0.6) is 0 Å². The van der Waals surface area contributed by atoms with E-state index in [9.17, 15) is 9.18 Å². The Balaban J connectivity index is 3.58. The average molecular weight is 175 g/mol. The molecule has 1 unspecified atom stereocenters. The first-order chi connectivity index (χ1) is 5.61. The van der Waals surface area contributed by atoms with Gasteiger partial charge in [0.25, 0.3) is 0 Å². The van der Waals surface area contributed by atoms with Gasteiger partial charge >= 0.3 is 0 Å². The molecule has 0 N–H and O–H groups in total. The van der Waals surface area contributed by atoms with Gasteiger partial charge in [-0.15, -0.1) is 0 Å². The molecule has 0 aromatic rings. The fourth-order valence-corrected chi connectivity index (χ4v) is 1.04. The quantitative estimate of drug-likeness (QED) is 0.611. The highest BCUT2D eigenvalue weighted by atomic mass is 19.1. The van der Waals surface area contributed by atoms with Gasteiger partial charge in [-0.25, -0.2) is 4.39 Å². The van der Waals surface area contributed by atoms with E-state index in [1.807, 2.05) is 13.8 Å². The van der Waals surface area contributed by atoms with Crippen LogP contribution < -0.4 is 0 Å². The molecule has 0 saturated carbocycles. The molecule has 0 aromatic heterocycles. The van der Waals surface area contributed by atoms with Gasteiger partial charge in [0.1, 0.15) is 0 Å². The van der Waals surface area contributed by atoms with Gasteiger partial charge in [-0.1, -0.05) is 13.8 Å². The third-order valence-corrected chi connectivity index (χ3v) is 2.03. The molecule has 12 heavy (non-hydrogen) atoms. The van der Waals surface area contributed by atoms with E-state index in [1.54, 1.807) is 0 Å². The first-order valence-corrected chi connectivity index (χ1v) is 4.48. The maximum atomic E-state index is 12.8. The lowest BCUT2D eigenvalue weighted by molar-refractivity contribution is -0.122. The summed E-state index contributed by atoms with van der Waals surface area (Å²) < 4.78 is 12.8. The normalized spacial score (nSPS) is 13.4. The van der Waals surface area contributed by atoms with Gasteiger partial charge < -0.3 is 4.90 Å². The predicted molar refractivity (Wildman–Crippen MR) is 48.0 cm³/mol. The zero-order valence-electron chi connectivity index (χ0n) is 8.14. The molecule has 0 spiro atoms. The third-order valence-electron chi connectivity index (χ3n) is 2.03. The van der Waals surface area contributed by atoms with Gasteiger partial charge in [0.15, 0.2) is 12.0 Å². The summed E-state index contributed by atoms with van der Waals surface area (Å²) in [4.78, 5) is 12.6.